The van der Waals surface area contributed by atoms with Crippen LogP contribution in [-0.4, -0.2) is 41.4 Å². The Hall–Kier alpha value is -3.39. The van der Waals surface area contributed by atoms with E-state index in [0.29, 0.717) is 24.2 Å². The second-order valence-electron chi connectivity index (χ2n) is 8.81. The molecule has 2 aromatic carbocycles. The van der Waals surface area contributed by atoms with Crippen molar-refractivity contribution >= 4 is 0 Å². The molecule has 2 aromatic heterocycles. The highest BCUT2D eigenvalue weighted by molar-refractivity contribution is 5.80. The summed E-state index contributed by atoms with van der Waals surface area (Å²) in [5.41, 5.74) is 10.4. The lowest BCUT2D eigenvalue weighted by Crippen LogP contribution is -2.22. The first kappa shape index (κ1) is 21.8. The van der Waals surface area contributed by atoms with Crippen molar-refractivity contribution < 1.29 is 0 Å². The number of tetrazole rings is 1. The van der Waals surface area contributed by atoms with E-state index in [1.807, 2.05) is 22.9 Å². The van der Waals surface area contributed by atoms with Crippen LogP contribution < -0.4 is 5.73 Å². The number of aromatic amines is 1. The average molecular weight is 431 g/mol. The zero-order valence-electron chi connectivity index (χ0n) is 18.8. The lowest BCUT2D eigenvalue weighted by molar-refractivity contribution is 0.418. The summed E-state index contributed by atoms with van der Waals surface area (Å²) in [5.74, 6) is 2.55. The van der Waals surface area contributed by atoms with Gasteiger partial charge >= 0.3 is 0 Å². The highest BCUT2D eigenvalue weighted by atomic mass is 15.5. The van der Waals surface area contributed by atoms with Crippen molar-refractivity contribution in [3.05, 3.63) is 66.2 Å². The van der Waals surface area contributed by atoms with Crippen molar-refractivity contribution in [2.45, 2.75) is 52.1 Å². The van der Waals surface area contributed by atoms with Gasteiger partial charge in [-0.05, 0) is 52.8 Å². The number of nitrogens with one attached hydrogen (secondary N) is 1. The molecule has 0 spiro atoms. The van der Waals surface area contributed by atoms with Crippen LogP contribution >= 0.6 is 0 Å². The minimum absolute atomic E-state index is 0.128. The fourth-order valence-electron chi connectivity index (χ4n) is 4.21. The lowest BCUT2D eigenvalue weighted by atomic mass is 9.91. The van der Waals surface area contributed by atoms with Gasteiger partial charge in [0.2, 0.25) is 0 Å². The zero-order valence-corrected chi connectivity index (χ0v) is 18.8. The van der Waals surface area contributed by atoms with Crippen LogP contribution in [0.4, 0.5) is 0 Å². The average Bonchev–Trinajstić information content (AvgIpc) is 3.46. The molecule has 0 bridgehead atoms. The third kappa shape index (κ3) is 5.08. The van der Waals surface area contributed by atoms with Crippen molar-refractivity contribution in [2.24, 2.45) is 11.7 Å². The minimum Gasteiger partial charge on any atom is -0.328 e. The molecule has 0 aliphatic heterocycles. The molecule has 4 aromatic rings. The standard InChI is InChI=1S/C24H30N8/c1-16(2)12-20(13-17(3)25)24-26-15-27-32(24)14-18-8-10-19(11-9-18)21-6-4-5-7-22(21)23-28-30-31-29-23/h4-11,15-17,20H,12-14,25H2,1-3H3,(H,28,29,30,31). The number of nitrogens with zero attached hydrogens (tertiary/aromatic N) is 6. The van der Waals surface area contributed by atoms with Crippen LogP contribution in [0.2, 0.25) is 0 Å². The zero-order chi connectivity index (χ0) is 22.5. The summed E-state index contributed by atoms with van der Waals surface area (Å²) in [5, 5.41) is 18.8. The van der Waals surface area contributed by atoms with Gasteiger partial charge in [-0.25, -0.2) is 14.8 Å². The molecule has 166 valence electrons. The van der Waals surface area contributed by atoms with Crippen molar-refractivity contribution in [3.63, 3.8) is 0 Å². The van der Waals surface area contributed by atoms with E-state index in [2.05, 4.69) is 81.8 Å². The number of rotatable bonds is 9. The highest BCUT2D eigenvalue weighted by Gasteiger charge is 2.21. The molecule has 0 amide bonds. The van der Waals surface area contributed by atoms with Crippen LogP contribution in [-0.2, 0) is 6.54 Å². The molecule has 4 rings (SSSR count). The Balaban J connectivity index is 1.56. The third-order valence-electron chi connectivity index (χ3n) is 5.55. The first-order valence-electron chi connectivity index (χ1n) is 11.1. The number of H-pyrrole nitrogens is 1. The van der Waals surface area contributed by atoms with Crippen LogP contribution in [0.15, 0.2) is 54.9 Å². The second kappa shape index (κ2) is 9.82. The van der Waals surface area contributed by atoms with Crippen LogP contribution in [0.1, 0.15) is 50.9 Å². The van der Waals surface area contributed by atoms with E-state index in [1.54, 1.807) is 6.33 Å². The van der Waals surface area contributed by atoms with E-state index in [0.717, 1.165) is 35.4 Å². The number of benzene rings is 2. The molecule has 0 radical (unpaired) electrons. The Morgan fingerprint density at radius 2 is 1.72 bits per heavy atom. The molecule has 0 aliphatic carbocycles. The summed E-state index contributed by atoms with van der Waals surface area (Å²) in [7, 11) is 0. The Kier molecular flexibility index (Phi) is 6.70. The lowest BCUT2D eigenvalue weighted by Gasteiger charge is -2.21. The van der Waals surface area contributed by atoms with Gasteiger partial charge in [-0.3, -0.25) is 0 Å². The number of hydrogen-bond acceptors (Lipinski definition) is 6. The van der Waals surface area contributed by atoms with Crippen molar-refractivity contribution in [3.8, 4) is 22.5 Å². The van der Waals surface area contributed by atoms with Gasteiger partial charge in [0, 0.05) is 17.5 Å². The Morgan fingerprint density at radius 3 is 2.38 bits per heavy atom. The van der Waals surface area contributed by atoms with E-state index in [1.165, 1.54) is 5.56 Å². The van der Waals surface area contributed by atoms with Crippen LogP contribution in [0.25, 0.3) is 22.5 Å². The number of hydrogen-bond donors (Lipinski definition) is 2. The maximum atomic E-state index is 6.13. The topological polar surface area (TPSA) is 111 Å². The summed E-state index contributed by atoms with van der Waals surface area (Å²) >= 11 is 0. The van der Waals surface area contributed by atoms with Crippen molar-refractivity contribution in [1.29, 1.82) is 0 Å². The van der Waals surface area contributed by atoms with Crippen LogP contribution in [0.3, 0.4) is 0 Å². The van der Waals surface area contributed by atoms with Gasteiger partial charge in [-0.1, -0.05) is 62.4 Å². The Bertz CT molecular complexity index is 1100. The predicted molar refractivity (Wildman–Crippen MR) is 125 cm³/mol. The van der Waals surface area contributed by atoms with Crippen molar-refractivity contribution in [2.75, 3.05) is 0 Å². The third-order valence-corrected chi connectivity index (χ3v) is 5.55. The summed E-state index contributed by atoms with van der Waals surface area (Å²) in [6.45, 7) is 7.21. The molecule has 32 heavy (non-hydrogen) atoms. The van der Waals surface area contributed by atoms with Gasteiger partial charge in [-0.15, -0.1) is 5.10 Å². The van der Waals surface area contributed by atoms with Gasteiger partial charge in [-0.2, -0.15) is 5.10 Å². The first-order chi connectivity index (χ1) is 15.5. The van der Waals surface area contributed by atoms with Gasteiger partial charge in [0.15, 0.2) is 5.82 Å². The van der Waals surface area contributed by atoms with Gasteiger partial charge in [0.1, 0.15) is 12.2 Å². The molecule has 3 N–H and O–H groups in total. The molecule has 2 heterocycles. The second-order valence-corrected chi connectivity index (χ2v) is 8.81. The quantitative estimate of drug-likeness (QED) is 0.414. The van der Waals surface area contributed by atoms with Crippen LogP contribution in [0.5, 0.6) is 0 Å². The molecular weight excluding hydrogens is 400 g/mol. The predicted octanol–water partition coefficient (Wildman–Crippen LogP) is 4.04. The van der Waals surface area contributed by atoms with Crippen molar-refractivity contribution in [1.82, 2.24) is 35.4 Å². The number of nitrogens with two attached hydrogens (primary N) is 1. The normalized spacial score (nSPS) is 13.4. The largest absolute Gasteiger partial charge is 0.328 e. The summed E-state index contributed by atoms with van der Waals surface area (Å²) in [6.07, 6.45) is 3.61. The van der Waals surface area contributed by atoms with Gasteiger partial charge in [0.05, 0.1) is 6.54 Å². The fourth-order valence-corrected chi connectivity index (χ4v) is 4.21. The molecule has 2 atom stereocenters. The summed E-state index contributed by atoms with van der Waals surface area (Å²) < 4.78 is 2.01. The molecule has 0 saturated heterocycles. The van der Waals surface area contributed by atoms with E-state index in [-0.39, 0.29) is 6.04 Å². The SMILES string of the molecule is CC(C)CC(CC(C)N)c1ncnn1Cc1ccc(-c2ccccc2-c2nnn[nH]2)cc1. The van der Waals surface area contributed by atoms with E-state index in [4.69, 9.17) is 5.73 Å². The molecule has 8 heteroatoms. The summed E-state index contributed by atoms with van der Waals surface area (Å²) in [4.78, 5) is 4.60. The van der Waals surface area contributed by atoms with Gasteiger partial charge in [0.25, 0.3) is 0 Å². The van der Waals surface area contributed by atoms with E-state index >= 15 is 0 Å². The van der Waals surface area contributed by atoms with Gasteiger partial charge < -0.3 is 5.73 Å². The number of aromatic nitrogens is 7. The van der Waals surface area contributed by atoms with E-state index in [9.17, 15) is 0 Å². The Labute approximate surface area is 188 Å². The molecule has 8 nitrogen and oxygen atoms in total. The molecule has 0 saturated carbocycles. The fraction of sp³-hybridized carbons (Fsp3) is 0.375. The minimum atomic E-state index is 0.128. The molecule has 2 unspecified atom stereocenters. The molecular formula is C24H30N8. The molecule has 0 fully saturated rings. The maximum absolute atomic E-state index is 6.13. The van der Waals surface area contributed by atoms with Crippen LogP contribution in [0, 0.1) is 5.92 Å². The monoisotopic (exact) mass is 430 g/mol. The van der Waals surface area contributed by atoms with E-state index < -0.39 is 0 Å². The summed E-state index contributed by atoms with van der Waals surface area (Å²) in [6, 6.07) is 16.8. The maximum Gasteiger partial charge on any atom is 0.180 e. The highest BCUT2D eigenvalue weighted by Crippen LogP contribution is 2.30. The Morgan fingerprint density at radius 1 is 0.969 bits per heavy atom. The first-order valence-corrected chi connectivity index (χ1v) is 11.1. The smallest absolute Gasteiger partial charge is 0.180 e. The molecule has 0 aliphatic rings.